The van der Waals surface area contributed by atoms with E-state index in [1.54, 1.807) is 0 Å². The molecule has 0 amide bonds. The van der Waals surface area contributed by atoms with Crippen LogP contribution >= 0.6 is 0 Å². The van der Waals surface area contributed by atoms with E-state index in [1.165, 1.54) is 11.1 Å². The van der Waals surface area contributed by atoms with Crippen LogP contribution in [-0.4, -0.2) is 19.6 Å². The van der Waals surface area contributed by atoms with Crippen molar-refractivity contribution in [2.24, 2.45) is 0 Å². The summed E-state index contributed by atoms with van der Waals surface area (Å²) in [7, 11) is 0. The van der Waals surface area contributed by atoms with Crippen LogP contribution in [0.4, 0.5) is 0 Å². The van der Waals surface area contributed by atoms with Crippen molar-refractivity contribution in [1.82, 2.24) is 10.6 Å². The Bertz CT molecular complexity index is 314. The second-order valence-corrected chi connectivity index (χ2v) is 3.54. The molecule has 1 aromatic rings. The topological polar surface area (TPSA) is 24.1 Å². The van der Waals surface area contributed by atoms with Crippen molar-refractivity contribution in [2.45, 2.75) is 6.04 Å². The summed E-state index contributed by atoms with van der Waals surface area (Å²) in [4.78, 5) is 0. The minimum Gasteiger partial charge on any atom is -0.314 e. The Kier molecular flexibility index (Phi) is 2.96. The lowest BCUT2D eigenvalue weighted by Crippen LogP contribution is -2.42. The van der Waals surface area contributed by atoms with Gasteiger partial charge in [-0.1, -0.05) is 36.9 Å². The molecule has 14 heavy (non-hydrogen) atoms. The van der Waals surface area contributed by atoms with Gasteiger partial charge in [0.25, 0.3) is 0 Å². The van der Waals surface area contributed by atoms with E-state index in [2.05, 4.69) is 41.5 Å². The lowest BCUT2D eigenvalue weighted by Gasteiger charge is -2.26. The molecule has 1 atom stereocenters. The summed E-state index contributed by atoms with van der Waals surface area (Å²) in [5, 5.41) is 6.89. The molecule has 2 heteroatoms. The van der Waals surface area contributed by atoms with E-state index < -0.39 is 0 Å². The van der Waals surface area contributed by atoms with Gasteiger partial charge in [-0.25, -0.2) is 0 Å². The fourth-order valence-electron chi connectivity index (χ4n) is 1.89. The maximum atomic E-state index is 3.84. The zero-order valence-electron chi connectivity index (χ0n) is 8.29. The minimum absolute atomic E-state index is 0.429. The molecule has 0 aliphatic carbocycles. The van der Waals surface area contributed by atoms with E-state index in [9.17, 15) is 0 Å². The van der Waals surface area contributed by atoms with Gasteiger partial charge < -0.3 is 10.6 Å². The average molecular weight is 188 g/mol. The fourth-order valence-corrected chi connectivity index (χ4v) is 1.89. The van der Waals surface area contributed by atoms with Crippen LogP contribution < -0.4 is 10.6 Å². The Morgan fingerprint density at radius 1 is 1.29 bits per heavy atom. The summed E-state index contributed by atoms with van der Waals surface area (Å²) in [6.07, 6.45) is 1.92. The smallest absolute Gasteiger partial charge is 0.0453 e. The molecule has 0 aromatic heterocycles. The first kappa shape index (κ1) is 9.44. The Labute approximate surface area is 85.0 Å². The van der Waals surface area contributed by atoms with Crippen LogP contribution in [0.2, 0.25) is 0 Å². The molecule has 74 valence electrons. The summed E-state index contributed by atoms with van der Waals surface area (Å²) < 4.78 is 0. The van der Waals surface area contributed by atoms with Gasteiger partial charge in [-0.15, -0.1) is 0 Å². The van der Waals surface area contributed by atoms with Crippen molar-refractivity contribution in [3.8, 4) is 0 Å². The van der Waals surface area contributed by atoms with Crippen LogP contribution in [0.5, 0.6) is 0 Å². The molecular weight excluding hydrogens is 172 g/mol. The van der Waals surface area contributed by atoms with E-state index in [1.807, 2.05) is 6.08 Å². The summed E-state index contributed by atoms with van der Waals surface area (Å²) >= 11 is 0. The quantitative estimate of drug-likeness (QED) is 0.736. The number of rotatable bonds is 2. The second-order valence-electron chi connectivity index (χ2n) is 3.54. The predicted molar refractivity (Wildman–Crippen MR) is 60.1 cm³/mol. The first-order valence-corrected chi connectivity index (χ1v) is 5.07. The molecule has 2 rings (SSSR count). The van der Waals surface area contributed by atoms with Gasteiger partial charge in [0.15, 0.2) is 0 Å². The van der Waals surface area contributed by atoms with E-state index in [4.69, 9.17) is 0 Å². The molecule has 0 spiro atoms. The summed E-state index contributed by atoms with van der Waals surface area (Å²) in [6, 6.07) is 8.84. The standard InChI is InChI=1S/C12H16N2/c1-2-10-5-3-4-6-11(10)12-9-13-7-8-14-12/h2-6,12-14H,1,7-9H2. The lowest BCUT2D eigenvalue weighted by molar-refractivity contribution is 0.430. The highest BCUT2D eigenvalue weighted by Crippen LogP contribution is 2.19. The molecule has 1 aliphatic rings. The normalized spacial score (nSPS) is 21.9. The first-order chi connectivity index (χ1) is 6.92. The van der Waals surface area contributed by atoms with Crippen LogP contribution in [0.15, 0.2) is 30.8 Å². The SMILES string of the molecule is C=Cc1ccccc1C1CNCCN1. The second kappa shape index (κ2) is 4.40. The van der Waals surface area contributed by atoms with Gasteiger partial charge in [0.05, 0.1) is 0 Å². The highest BCUT2D eigenvalue weighted by molar-refractivity contribution is 5.52. The van der Waals surface area contributed by atoms with Crippen LogP contribution in [-0.2, 0) is 0 Å². The monoisotopic (exact) mass is 188 g/mol. The van der Waals surface area contributed by atoms with E-state index >= 15 is 0 Å². The van der Waals surface area contributed by atoms with Crippen LogP contribution in [0.1, 0.15) is 17.2 Å². The van der Waals surface area contributed by atoms with Crippen molar-refractivity contribution in [1.29, 1.82) is 0 Å². The van der Waals surface area contributed by atoms with Crippen molar-refractivity contribution in [3.05, 3.63) is 42.0 Å². The molecule has 2 N–H and O–H groups in total. The van der Waals surface area contributed by atoms with Gasteiger partial charge >= 0.3 is 0 Å². The minimum atomic E-state index is 0.429. The summed E-state index contributed by atoms with van der Waals surface area (Å²) in [5.41, 5.74) is 2.57. The summed E-state index contributed by atoms with van der Waals surface area (Å²) in [6.45, 7) is 6.94. The summed E-state index contributed by atoms with van der Waals surface area (Å²) in [5.74, 6) is 0. The molecule has 2 nitrogen and oxygen atoms in total. The highest BCUT2D eigenvalue weighted by atomic mass is 15.1. The number of nitrogens with one attached hydrogen (secondary N) is 2. The number of piperazine rings is 1. The molecule has 0 radical (unpaired) electrons. The molecular formula is C12H16N2. The third-order valence-corrected chi connectivity index (χ3v) is 2.63. The van der Waals surface area contributed by atoms with E-state index in [0.717, 1.165) is 19.6 Å². The lowest BCUT2D eigenvalue weighted by atomic mass is 9.99. The molecule has 0 bridgehead atoms. The number of hydrogen-bond acceptors (Lipinski definition) is 2. The maximum absolute atomic E-state index is 3.84. The maximum Gasteiger partial charge on any atom is 0.0453 e. The Morgan fingerprint density at radius 2 is 2.14 bits per heavy atom. The Morgan fingerprint density at radius 3 is 2.86 bits per heavy atom. The van der Waals surface area contributed by atoms with Crippen LogP contribution in [0.25, 0.3) is 6.08 Å². The molecule has 1 fully saturated rings. The van der Waals surface area contributed by atoms with Crippen molar-refractivity contribution in [2.75, 3.05) is 19.6 Å². The predicted octanol–water partition coefficient (Wildman–Crippen LogP) is 1.56. The Balaban J connectivity index is 2.24. The average Bonchev–Trinajstić information content (AvgIpc) is 2.30. The molecule has 1 aromatic carbocycles. The van der Waals surface area contributed by atoms with Crippen LogP contribution in [0, 0.1) is 0 Å². The molecule has 1 saturated heterocycles. The van der Waals surface area contributed by atoms with Crippen molar-refractivity contribution < 1.29 is 0 Å². The fraction of sp³-hybridized carbons (Fsp3) is 0.333. The highest BCUT2D eigenvalue weighted by Gasteiger charge is 2.15. The van der Waals surface area contributed by atoms with Gasteiger partial charge in [0.1, 0.15) is 0 Å². The van der Waals surface area contributed by atoms with Crippen molar-refractivity contribution in [3.63, 3.8) is 0 Å². The van der Waals surface area contributed by atoms with Crippen LogP contribution in [0.3, 0.4) is 0 Å². The Hall–Kier alpha value is -1.12. The van der Waals surface area contributed by atoms with Gasteiger partial charge in [-0.05, 0) is 11.1 Å². The van der Waals surface area contributed by atoms with Gasteiger partial charge in [0, 0.05) is 25.7 Å². The molecule has 1 unspecified atom stereocenters. The first-order valence-electron chi connectivity index (χ1n) is 5.07. The van der Waals surface area contributed by atoms with Gasteiger partial charge in [-0.2, -0.15) is 0 Å². The van der Waals surface area contributed by atoms with Gasteiger partial charge in [0.2, 0.25) is 0 Å². The van der Waals surface area contributed by atoms with Crippen molar-refractivity contribution >= 4 is 6.08 Å². The number of benzene rings is 1. The zero-order chi connectivity index (χ0) is 9.80. The molecule has 1 heterocycles. The molecule has 1 aliphatic heterocycles. The number of hydrogen-bond donors (Lipinski definition) is 2. The molecule has 0 saturated carbocycles. The zero-order valence-corrected chi connectivity index (χ0v) is 8.29. The third-order valence-electron chi connectivity index (χ3n) is 2.63. The van der Waals surface area contributed by atoms with E-state index in [-0.39, 0.29) is 0 Å². The largest absolute Gasteiger partial charge is 0.314 e. The van der Waals surface area contributed by atoms with E-state index in [0.29, 0.717) is 6.04 Å². The third kappa shape index (κ3) is 1.86. The van der Waals surface area contributed by atoms with Gasteiger partial charge in [-0.3, -0.25) is 0 Å².